The van der Waals surface area contributed by atoms with E-state index in [0.717, 1.165) is 133 Å². The van der Waals surface area contributed by atoms with Crippen LogP contribution >= 0.6 is 0 Å². The topological polar surface area (TPSA) is 103 Å². The molecule has 4 aromatic heterocycles. The summed E-state index contributed by atoms with van der Waals surface area (Å²) in [5.74, 6) is 0. The zero-order valence-electron chi connectivity index (χ0n) is 56.6. The summed E-state index contributed by atoms with van der Waals surface area (Å²) >= 11 is 0. The van der Waals surface area contributed by atoms with Crippen LogP contribution in [0.2, 0.25) is 0 Å². The second-order valence-electron chi connectivity index (χ2n) is 26.1. The van der Waals surface area contributed by atoms with Crippen molar-refractivity contribution < 1.29 is 0 Å². The van der Waals surface area contributed by atoms with Gasteiger partial charge in [-0.3, -0.25) is 4.98 Å². The summed E-state index contributed by atoms with van der Waals surface area (Å²) in [6.45, 7) is 8.14. The second-order valence-corrected chi connectivity index (χ2v) is 26.1. The Bertz CT molecular complexity index is 6910. The molecule has 0 aliphatic heterocycles. The van der Waals surface area contributed by atoms with E-state index < -0.39 is 0 Å². The fraction of sp³-hybridized carbons (Fsp3) is 0.0426. The molecule has 0 bridgehead atoms. The molecule has 21 aromatic rings. The summed E-state index contributed by atoms with van der Waals surface area (Å²) in [6, 6.07) is 108. The van der Waals surface area contributed by atoms with Crippen molar-refractivity contribution in [3.8, 4) is 33.8 Å². The summed E-state index contributed by atoms with van der Waals surface area (Å²) in [6.07, 6.45) is 1.84. The van der Waals surface area contributed by atoms with Gasteiger partial charge >= 0.3 is 0 Å². The summed E-state index contributed by atoms with van der Waals surface area (Å²) in [4.78, 5) is 39.8. The third-order valence-electron chi connectivity index (χ3n) is 19.8. The van der Waals surface area contributed by atoms with Crippen LogP contribution in [0.1, 0.15) is 22.8 Å². The number of hydrogen-bond acceptors (Lipinski definition) is 8. The Labute approximate surface area is 588 Å². The highest BCUT2D eigenvalue weighted by Gasteiger charge is 2.20. The van der Waals surface area contributed by atoms with Gasteiger partial charge in [0, 0.05) is 66.0 Å². The normalized spacial score (nSPS) is 11.5. The first-order valence-corrected chi connectivity index (χ1v) is 34.6. The number of nitrogens with zero attached hydrogens (tertiary/aromatic N) is 8. The van der Waals surface area contributed by atoms with Crippen LogP contribution in [0.4, 0.5) is 0 Å². The average molecular weight is 1310 g/mol. The minimum Gasteiger partial charge on any atom is -0.252 e. The van der Waals surface area contributed by atoms with Crippen LogP contribution in [0.5, 0.6) is 0 Å². The summed E-state index contributed by atoms with van der Waals surface area (Å²) < 4.78 is 0. The van der Waals surface area contributed by atoms with Gasteiger partial charge in [-0.25, -0.2) is 34.9 Å². The van der Waals surface area contributed by atoms with Gasteiger partial charge in [0.05, 0.1) is 84.0 Å². The van der Waals surface area contributed by atoms with Gasteiger partial charge in [0.2, 0.25) is 0 Å². The van der Waals surface area contributed by atoms with Crippen molar-refractivity contribution in [2.24, 2.45) is 0 Å². The van der Waals surface area contributed by atoms with Crippen molar-refractivity contribution >= 4 is 152 Å². The predicted molar refractivity (Wildman–Crippen MR) is 428 cm³/mol. The molecule has 102 heavy (non-hydrogen) atoms. The highest BCUT2D eigenvalue weighted by atomic mass is 14.9. The summed E-state index contributed by atoms with van der Waals surface area (Å²) in [5, 5.41) is 24.0. The molecule has 0 aliphatic carbocycles. The van der Waals surface area contributed by atoms with Gasteiger partial charge in [-0.2, -0.15) is 0 Å². The Morgan fingerprint density at radius 2 is 0.480 bits per heavy atom. The fourth-order valence-electron chi connectivity index (χ4n) is 15.1. The SMILES string of the molecule is Cc1cnc2c3ccccc3c3ccccc3c2n1.Cc1nc2c3ccccc3c3ccccc3c2nc1-c1ccc2ccccc2c1.Cc1nc2c3ccccc3c3ccccc3c2nc1-c1cccc2ccccc12.Cc1nc2c3ccccc3c3ccccc3c2nc1-c1ccccc1. The first-order chi connectivity index (χ1) is 50.3. The van der Waals surface area contributed by atoms with Crippen LogP contribution in [-0.2, 0) is 0 Å². The summed E-state index contributed by atoms with van der Waals surface area (Å²) in [5.41, 5.74) is 17.8. The van der Waals surface area contributed by atoms with E-state index >= 15 is 0 Å². The molecule has 0 aliphatic rings. The highest BCUT2D eigenvalue weighted by Crippen LogP contribution is 2.41. The molecule has 8 nitrogen and oxygen atoms in total. The minimum atomic E-state index is 0.948. The maximum Gasteiger partial charge on any atom is 0.0979 e. The van der Waals surface area contributed by atoms with E-state index in [0.29, 0.717) is 0 Å². The van der Waals surface area contributed by atoms with Crippen molar-refractivity contribution in [2.75, 3.05) is 0 Å². The molecule has 0 amide bonds. The van der Waals surface area contributed by atoms with Gasteiger partial charge in [-0.15, -0.1) is 0 Å². The van der Waals surface area contributed by atoms with Crippen molar-refractivity contribution in [1.29, 1.82) is 0 Å². The Balaban J connectivity index is 0.0000000985. The largest absolute Gasteiger partial charge is 0.252 e. The molecular weight excluding hydrogens is 1240 g/mol. The first-order valence-electron chi connectivity index (χ1n) is 34.6. The van der Waals surface area contributed by atoms with Crippen molar-refractivity contribution in [3.05, 3.63) is 338 Å². The van der Waals surface area contributed by atoms with Crippen LogP contribution in [0.3, 0.4) is 0 Å². The first kappa shape index (κ1) is 61.1. The Morgan fingerprint density at radius 1 is 0.186 bits per heavy atom. The highest BCUT2D eigenvalue weighted by molar-refractivity contribution is 6.26. The molecule has 0 spiro atoms. The van der Waals surface area contributed by atoms with E-state index in [9.17, 15) is 0 Å². The Hall–Kier alpha value is -13.3. The van der Waals surface area contributed by atoms with E-state index in [1.165, 1.54) is 75.4 Å². The summed E-state index contributed by atoms with van der Waals surface area (Å²) in [7, 11) is 0. The zero-order valence-corrected chi connectivity index (χ0v) is 56.6. The number of hydrogen-bond donors (Lipinski definition) is 0. The molecule has 0 fully saturated rings. The quantitative estimate of drug-likeness (QED) is 0.161. The monoisotopic (exact) mass is 1300 g/mol. The molecule has 17 aromatic carbocycles. The molecule has 480 valence electrons. The average Bonchev–Trinajstić information content (AvgIpc) is 0.756. The zero-order chi connectivity index (χ0) is 68.4. The molecule has 0 atom stereocenters. The van der Waals surface area contributed by atoms with Gasteiger partial charge in [0.1, 0.15) is 0 Å². The van der Waals surface area contributed by atoms with Crippen molar-refractivity contribution in [2.45, 2.75) is 27.7 Å². The smallest absolute Gasteiger partial charge is 0.0979 e. The molecular formula is C94H64N8. The lowest BCUT2D eigenvalue weighted by atomic mass is 9.98. The van der Waals surface area contributed by atoms with E-state index in [4.69, 9.17) is 34.9 Å². The Kier molecular flexibility index (Phi) is 15.3. The second kappa shape index (κ2) is 25.5. The minimum absolute atomic E-state index is 0.948. The molecule has 0 radical (unpaired) electrons. The van der Waals surface area contributed by atoms with Crippen molar-refractivity contribution in [3.63, 3.8) is 0 Å². The van der Waals surface area contributed by atoms with Gasteiger partial charge in [-0.1, -0.05) is 303 Å². The number of rotatable bonds is 3. The van der Waals surface area contributed by atoms with Gasteiger partial charge in [0.15, 0.2) is 0 Å². The lowest BCUT2D eigenvalue weighted by molar-refractivity contribution is 1.19. The van der Waals surface area contributed by atoms with Crippen LogP contribution in [-0.4, -0.2) is 39.9 Å². The third kappa shape index (κ3) is 10.6. The maximum absolute atomic E-state index is 5.21. The third-order valence-corrected chi connectivity index (χ3v) is 19.8. The van der Waals surface area contributed by atoms with Crippen molar-refractivity contribution in [1.82, 2.24) is 39.9 Å². The van der Waals surface area contributed by atoms with E-state index in [1.807, 2.05) is 38.2 Å². The number of aryl methyl sites for hydroxylation is 4. The standard InChI is InChI=1S/2C27H18N2.C23H16N2.C17H12N2/c1-17-25(22-16-8-10-18-9-2-3-11-19(18)22)29-27-24-15-7-5-13-21(24)20-12-4-6-14-23(20)26(27)28-17;1-17-25(20-15-14-18-8-2-3-9-19(18)16-20)29-27-24-13-7-5-11-22(24)21-10-4-6-12-23(21)26(27)28-17;1-15-21(16-9-3-2-4-10-16)25-23-20-14-8-6-12-18(20)17-11-5-7-13-19(17)22(23)24-15;1-11-10-18-16-14-8-4-2-6-12(14)13-7-3-5-9-15(13)17(16)19-11/h2*2-16H,1H3;2-14H,1H3;2-10H,1H3. The van der Waals surface area contributed by atoms with E-state index in [1.54, 1.807) is 0 Å². The number of aromatic nitrogens is 8. The molecule has 21 rings (SSSR count). The Morgan fingerprint density at radius 3 is 0.902 bits per heavy atom. The lowest BCUT2D eigenvalue weighted by Crippen LogP contribution is -1.97. The lowest BCUT2D eigenvalue weighted by Gasteiger charge is -2.13. The van der Waals surface area contributed by atoms with Crippen LogP contribution < -0.4 is 0 Å². The molecule has 0 N–H and O–H groups in total. The molecule has 4 heterocycles. The molecule has 0 unspecified atom stereocenters. The van der Waals surface area contributed by atoms with Crippen LogP contribution in [0.15, 0.2) is 316 Å². The van der Waals surface area contributed by atoms with Gasteiger partial charge < -0.3 is 0 Å². The van der Waals surface area contributed by atoms with E-state index in [-0.39, 0.29) is 0 Å². The van der Waals surface area contributed by atoms with E-state index in [2.05, 4.69) is 310 Å². The fourth-order valence-corrected chi connectivity index (χ4v) is 15.1. The number of benzene rings is 17. The maximum atomic E-state index is 5.21. The predicted octanol–water partition coefficient (Wildman–Crippen LogP) is 24.3. The molecule has 8 heteroatoms. The van der Waals surface area contributed by atoms with Crippen LogP contribution in [0.25, 0.3) is 186 Å². The van der Waals surface area contributed by atoms with Gasteiger partial charge in [-0.05, 0) is 98.4 Å². The number of fused-ring (bicyclic) bond motifs is 26. The molecule has 0 saturated carbocycles. The van der Waals surface area contributed by atoms with Crippen LogP contribution in [0, 0.1) is 27.7 Å². The molecule has 0 saturated heterocycles. The van der Waals surface area contributed by atoms with Gasteiger partial charge in [0.25, 0.3) is 0 Å².